The topological polar surface area (TPSA) is 8.17 Å². The Labute approximate surface area is 139 Å². The monoisotopic (exact) mass is 326 g/mol. The van der Waals surface area contributed by atoms with Gasteiger partial charge < -0.3 is 5.01 Å². The molecular weight excluding hydrogens is 307 g/mol. The summed E-state index contributed by atoms with van der Waals surface area (Å²) in [6, 6.07) is 15.3. The first kappa shape index (κ1) is 14.6. The smallest absolute Gasteiger partial charge is 0.123 e. The number of halogens is 1. The normalized spacial score (nSPS) is 16.1. The molecule has 0 bridgehead atoms. The lowest BCUT2D eigenvalue weighted by Crippen LogP contribution is -2.41. The number of nitrogens with zero attached hydrogens (tertiary/aromatic N) is 2. The largest absolute Gasteiger partial charge is 0.313 e. The highest BCUT2D eigenvalue weighted by atomic mass is 32.2. The van der Waals surface area contributed by atoms with Gasteiger partial charge in [-0.3, -0.25) is 4.68 Å². The summed E-state index contributed by atoms with van der Waals surface area (Å²) in [6.45, 7) is 2.11. The minimum Gasteiger partial charge on any atom is -0.313 e. The van der Waals surface area contributed by atoms with Gasteiger partial charge in [-0.2, -0.15) is 0 Å². The lowest BCUT2D eigenvalue weighted by Gasteiger charge is -2.33. The van der Waals surface area contributed by atoms with Crippen LogP contribution in [-0.4, -0.2) is 23.0 Å². The van der Waals surface area contributed by atoms with Crippen molar-refractivity contribution in [1.82, 2.24) is 4.68 Å². The summed E-state index contributed by atoms with van der Waals surface area (Å²) in [4.78, 5) is 1.16. The van der Waals surface area contributed by atoms with E-state index in [1.165, 1.54) is 10.8 Å². The Morgan fingerprint density at radius 2 is 1.48 bits per heavy atom. The molecular formula is C19H19FN2S. The zero-order chi connectivity index (χ0) is 15.6. The number of benzene rings is 2. The van der Waals surface area contributed by atoms with Gasteiger partial charge in [0.25, 0.3) is 0 Å². The Kier molecular flexibility index (Phi) is 4.00. The summed E-state index contributed by atoms with van der Waals surface area (Å²) < 4.78 is 15.2. The van der Waals surface area contributed by atoms with Gasteiger partial charge in [-0.15, -0.1) is 11.8 Å². The van der Waals surface area contributed by atoms with E-state index in [9.17, 15) is 4.39 Å². The lowest BCUT2D eigenvalue weighted by atomic mass is 10.1. The molecule has 0 radical (unpaired) electrons. The van der Waals surface area contributed by atoms with Gasteiger partial charge in [0, 0.05) is 46.4 Å². The number of aromatic nitrogens is 1. The minimum absolute atomic E-state index is 0.163. The first-order chi connectivity index (χ1) is 11.3. The molecule has 0 saturated carbocycles. The molecule has 4 rings (SSSR count). The van der Waals surface area contributed by atoms with E-state index in [4.69, 9.17) is 0 Å². The first-order valence-electron chi connectivity index (χ1n) is 8.02. The molecule has 23 heavy (non-hydrogen) atoms. The van der Waals surface area contributed by atoms with Crippen LogP contribution in [0.15, 0.2) is 65.8 Å². The number of hydrogen-bond donors (Lipinski definition) is 0. The minimum atomic E-state index is -0.163. The van der Waals surface area contributed by atoms with Crippen LogP contribution in [0.3, 0.4) is 0 Å². The van der Waals surface area contributed by atoms with Crippen LogP contribution in [0, 0.1) is 5.82 Å². The maximum Gasteiger partial charge on any atom is 0.123 e. The van der Waals surface area contributed by atoms with Crippen LogP contribution in [-0.2, 0) is 0 Å². The second kappa shape index (κ2) is 6.28. The van der Waals surface area contributed by atoms with Crippen molar-refractivity contribution >= 4 is 22.5 Å². The van der Waals surface area contributed by atoms with E-state index in [0.29, 0.717) is 5.25 Å². The average molecular weight is 326 g/mol. The second-order valence-corrected chi connectivity index (χ2v) is 7.37. The Morgan fingerprint density at radius 1 is 0.870 bits per heavy atom. The van der Waals surface area contributed by atoms with Gasteiger partial charge in [-0.1, -0.05) is 24.3 Å². The molecule has 1 aliphatic rings. The van der Waals surface area contributed by atoms with Gasteiger partial charge in [-0.25, -0.2) is 4.39 Å². The SMILES string of the molecule is Fc1ccc(SC2CCN(n3cc4ccccc4c3)CC2)cc1. The molecule has 2 nitrogen and oxygen atoms in total. The molecule has 1 aliphatic heterocycles. The second-order valence-electron chi connectivity index (χ2n) is 5.99. The van der Waals surface area contributed by atoms with Crippen molar-refractivity contribution in [2.45, 2.75) is 23.0 Å². The van der Waals surface area contributed by atoms with E-state index < -0.39 is 0 Å². The maximum absolute atomic E-state index is 13.0. The van der Waals surface area contributed by atoms with Crippen molar-refractivity contribution in [2.75, 3.05) is 18.1 Å². The molecule has 118 valence electrons. The summed E-state index contributed by atoms with van der Waals surface area (Å²) in [5.74, 6) is -0.163. The molecule has 4 heteroatoms. The number of thioether (sulfide) groups is 1. The van der Waals surface area contributed by atoms with Crippen molar-refractivity contribution in [1.29, 1.82) is 0 Å². The number of hydrogen-bond acceptors (Lipinski definition) is 2. The first-order valence-corrected chi connectivity index (χ1v) is 8.90. The van der Waals surface area contributed by atoms with E-state index in [-0.39, 0.29) is 5.82 Å². The molecule has 0 amide bonds. The fraction of sp³-hybridized carbons (Fsp3) is 0.263. The maximum atomic E-state index is 13.0. The summed E-state index contributed by atoms with van der Waals surface area (Å²) in [6.07, 6.45) is 6.72. The summed E-state index contributed by atoms with van der Waals surface area (Å²) in [5.41, 5.74) is 0. The fourth-order valence-electron chi connectivity index (χ4n) is 3.13. The summed E-state index contributed by atoms with van der Waals surface area (Å²) in [7, 11) is 0. The number of rotatable bonds is 3. The molecule has 3 aromatic rings. The van der Waals surface area contributed by atoms with Gasteiger partial charge in [0.1, 0.15) is 5.82 Å². The quantitative estimate of drug-likeness (QED) is 0.691. The molecule has 0 atom stereocenters. The molecule has 2 heterocycles. The number of fused-ring (bicyclic) bond motifs is 1. The molecule has 0 aliphatic carbocycles. The van der Waals surface area contributed by atoms with E-state index in [2.05, 4.69) is 46.3 Å². The van der Waals surface area contributed by atoms with Crippen LogP contribution in [0.25, 0.3) is 10.8 Å². The Balaban J connectivity index is 1.39. The zero-order valence-corrected chi connectivity index (χ0v) is 13.7. The van der Waals surface area contributed by atoms with Gasteiger partial charge in [0.2, 0.25) is 0 Å². The third kappa shape index (κ3) is 3.22. The van der Waals surface area contributed by atoms with E-state index in [0.717, 1.165) is 30.8 Å². The van der Waals surface area contributed by atoms with E-state index >= 15 is 0 Å². The van der Waals surface area contributed by atoms with Gasteiger partial charge in [0.15, 0.2) is 0 Å². The van der Waals surface area contributed by atoms with Gasteiger partial charge >= 0.3 is 0 Å². The Hall–Kier alpha value is -1.94. The molecule has 0 spiro atoms. The standard InChI is InChI=1S/C19H19FN2S/c20-17-5-7-18(8-6-17)23-19-9-11-21(12-10-19)22-13-15-3-1-2-4-16(15)14-22/h1-8,13-14,19H,9-12H2. The third-order valence-electron chi connectivity index (χ3n) is 4.40. The molecule has 1 saturated heterocycles. The molecule has 0 N–H and O–H groups in total. The van der Waals surface area contributed by atoms with Crippen LogP contribution < -0.4 is 5.01 Å². The van der Waals surface area contributed by atoms with E-state index in [1.54, 1.807) is 12.1 Å². The highest BCUT2D eigenvalue weighted by Gasteiger charge is 2.20. The summed E-state index contributed by atoms with van der Waals surface area (Å²) in [5, 5.41) is 5.59. The summed E-state index contributed by atoms with van der Waals surface area (Å²) >= 11 is 1.87. The van der Waals surface area contributed by atoms with Crippen molar-refractivity contribution in [2.24, 2.45) is 0 Å². The predicted octanol–water partition coefficient (Wildman–Crippen LogP) is 4.67. The predicted molar refractivity (Wildman–Crippen MR) is 95.2 cm³/mol. The van der Waals surface area contributed by atoms with Crippen molar-refractivity contribution in [3.63, 3.8) is 0 Å². The van der Waals surface area contributed by atoms with Crippen molar-refractivity contribution < 1.29 is 4.39 Å². The van der Waals surface area contributed by atoms with Crippen LogP contribution in [0.5, 0.6) is 0 Å². The van der Waals surface area contributed by atoms with Gasteiger partial charge in [0.05, 0.1) is 0 Å². The highest BCUT2D eigenvalue weighted by Crippen LogP contribution is 2.30. The van der Waals surface area contributed by atoms with Crippen LogP contribution >= 0.6 is 11.8 Å². The molecule has 0 unspecified atom stereocenters. The van der Waals surface area contributed by atoms with Crippen molar-refractivity contribution in [3.05, 3.63) is 66.7 Å². The molecule has 2 aromatic carbocycles. The molecule has 1 aromatic heterocycles. The van der Waals surface area contributed by atoms with Crippen LogP contribution in [0.4, 0.5) is 4.39 Å². The fourth-order valence-corrected chi connectivity index (χ4v) is 4.25. The zero-order valence-electron chi connectivity index (χ0n) is 12.9. The van der Waals surface area contributed by atoms with Crippen LogP contribution in [0.1, 0.15) is 12.8 Å². The van der Waals surface area contributed by atoms with E-state index in [1.807, 2.05) is 23.9 Å². The Morgan fingerprint density at radius 3 is 2.09 bits per heavy atom. The highest BCUT2D eigenvalue weighted by molar-refractivity contribution is 8.00. The number of piperidine rings is 1. The van der Waals surface area contributed by atoms with Crippen molar-refractivity contribution in [3.8, 4) is 0 Å². The third-order valence-corrected chi connectivity index (χ3v) is 5.75. The van der Waals surface area contributed by atoms with Crippen LogP contribution in [0.2, 0.25) is 0 Å². The lowest BCUT2D eigenvalue weighted by molar-refractivity contribution is 0.489. The molecule has 1 fully saturated rings. The van der Waals surface area contributed by atoms with Gasteiger partial charge in [-0.05, 0) is 37.1 Å². The average Bonchev–Trinajstić information content (AvgIpc) is 3.02. The Bertz CT molecular complexity index is 755.